The third-order valence-electron chi connectivity index (χ3n) is 6.60. The molecule has 7 heteroatoms. The summed E-state index contributed by atoms with van der Waals surface area (Å²) in [5.41, 5.74) is 2.37. The summed E-state index contributed by atoms with van der Waals surface area (Å²) in [6, 6.07) is 16.6. The summed E-state index contributed by atoms with van der Waals surface area (Å²) in [5.74, 6) is -1.03. The van der Waals surface area contributed by atoms with Crippen LogP contribution in [0.1, 0.15) is 42.1 Å². The molecule has 37 heavy (non-hydrogen) atoms. The number of hydrogen-bond donors (Lipinski definition) is 2. The van der Waals surface area contributed by atoms with Gasteiger partial charge in [-0.15, -0.1) is 0 Å². The average Bonchev–Trinajstić information content (AvgIpc) is 3.15. The first-order chi connectivity index (χ1) is 17.9. The molecule has 0 aromatic heterocycles. The van der Waals surface area contributed by atoms with Crippen molar-refractivity contribution in [2.45, 2.75) is 38.3 Å². The Labute approximate surface area is 217 Å². The third-order valence-corrected chi connectivity index (χ3v) is 6.60. The molecule has 1 aliphatic heterocycles. The highest BCUT2D eigenvalue weighted by atomic mass is 16.5. The normalized spacial score (nSPS) is 18.5. The lowest BCUT2D eigenvalue weighted by Crippen LogP contribution is -2.48. The minimum atomic E-state index is -0.978. The molecular weight excluding hydrogens is 468 g/mol. The molecule has 2 aliphatic rings. The third kappa shape index (κ3) is 7.19. The molecule has 0 bridgehead atoms. The van der Waals surface area contributed by atoms with Gasteiger partial charge in [0.05, 0.1) is 12.0 Å². The quantitative estimate of drug-likeness (QED) is 0.491. The Hall–Kier alpha value is -4.13. The second kappa shape index (κ2) is 12.2. The Kier molecular flexibility index (Phi) is 8.56. The van der Waals surface area contributed by atoms with E-state index >= 15 is 0 Å². The molecule has 2 N–H and O–H groups in total. The van der Waals surface area contributed by atoms with E-state index in [1.54, 1.807) is 12.1 Å². The second-order valence-corrected chi connectivity index (χ2v) is 9.40. The van der Waals surface area contributed by atoms with Crippen LogP contribution in [0.25, 0.3) is 5.57 Å². The highest BCUT2D eigenvalue weighted by molar-refractivity contribution is 5.98. The van der Waals surface area contributed by atoms with E-state index < -0.39 is 11.9 Å². The summed E-state index contributed by atoms with van der Waals surface area (Å²) in [6.07, 6.45) is 11.3. The SMILES string of the molecule is CC(CC(=O)c1ccc(C2=CC=CC(NC(=O)N3CCC(Oc4ccccc4)CC3)C=C2)cc1)C(=O)O. The van der Waals surface area contributed by atoms with Crippen molar-refractivity contribution in [1.29, 1.82) is 0 Å². The number of carboxylic acids is 1. The zero-order valence-electron chi connectivity index (χ0n) is 20.9. The fourth-order valence-electron chi connectivity index (χ4n) is 4.33. The van der Waals surface area contributed by atoms with Gasteiger partial charge in [-0.25, -0.2) is 4.79 Å². The first-order valence-corrected chi connectivity index (χ1v) is 12.6. The zero-order valence-corrected chi connectivity index (χ0v) is 20.9. The maximum atomic E-state index is 12.8. The predicted octanol–water partition coefficient (Wildman–Crippen LogP) is 5.11. The number of nitrogens with one attached hydrogen (secondary N) is 1. The Bertz CT molecular complexity index is 1190. The van der Waals surface area contributed by atoms with Gasteiger partial charge in [0.1, 0.15) is 11.9 Å². The smallest absolute Gasteiger partial charge is 0.318 e. The van der Waals surface area contributed by atoms with Crippen molar-refractivity contribution in [1.82, 2.24) is 10.2 Å². The number of ketones is 1. The van der Waals surface area contributed by atoms with Crippen molar-refractivity contribution in [3.8, 4) is 5.75 Å². The molecule has 4 rings (SSSR count). The van der Waals surface area contributed by atoms with E-state index in [1.807, 2.05) is 77.7 Å². The number of allylic oxidation sites excluding steroid dienone is 4. The van der Waals surface area contributed by atoms with Gasteiger partial charge in [0.25, 0.3) is 0 Å². The molecule has 0 saturated carbocycles. The molecule has 1 heterocycles. The van der Waals surface area contributed by atoms with Gasteiger partial charge < -0.3 is 20.1 Å². The van der Waals surface area contributed by atoms with Gasteiger partial charge in [0.2, 0.25) is 0 Å². The first-order valence-electron chi connectivity index (χ1n) is 12.6. The van der Waals surface area contributed by atoms with Gasteiger partial charge in [-0.1, -0.05) is 79.8 Å². The van der Waals surface area contributed by atoms with E-state index in [2.05, 4.69) is 5.32 Å². The summed E-state index contributed by atoms with van der Waals surface area (Å²) in [5, 5.41) is 12.1. The summed E-state index contributed by atoms with van der Waals surface area (Å²) in [7, 11) is 0. The molecule has 0 spiro atoms. The number of aliphatic carboxylic acids is 1. The molecule has 0 radical (unpaired) electrons. The molecule has 7 nitrogen and oxygen atoms in total. The Morgan fingerprint density at radius 3 is 2.41 bits per heavy atom. The van der Waals surface area contributed by atoms with Gasteiger partial charge >= 0.3 is 12.0 Å². The van der Waals surface area contributed by atoms with Crippen molar-refractivity contribution in [3.05, 3.63) is 96.1 Å². The fourth-order valence-corrected chi connectivity index (χ4v) is 4.33. The van der Waals surface area contributed by atoms with Crippen molar-refractivity contribution < 1.29 is 24.2 Å². The van der Waals surface area contributed by atoms with Crippen molar-refractivity contribution >= 4 is 23.4 Å². The number of benzene rings is 2. The molecule has 192 valence electrons. The van der Waals surface area contributed by atoms with Crippen LogP contribution in [0.15, 0.2) is 85.0 Å². The van der Waals surface area contributed by atoms with Crippen LogP contribution in [0.5, 0.6) is 5.75 Å². The number of para-hydroxylation sites is 1. The average molecular weight is 501 g/mol. The van der Waals surface area contributed by atoms with E-state index in [-0.39, 0.29) is 30.4 Å². The number of amides is 2. The number of hydrogen-bond acceptors (Lipinski definition) is 4. The number of rotatable bonds is 8. The minimum absolute atomic E-state index is 0.0287. The number of nitrogens with zero attached hydrogens (tertiary/aromatic N) is 1. The van der Waals surface area contributed by atoms with Gasteiger partial charge in [-0.2, -0.15) is 0 Å². The predicted molar refractivity (Wildman–Crippen MR) is 142 cm³/mol. The van der Waals surface area contributed by atoms with Crippen molar-refractivity contribution in [3.63, 3.8) is 0 Å². The van der Waals surface area contributed by atoms with Crippen molar-refractivity contribution in [2.75, 3.05) is 13.1 Å². The number of carbonyl (C=O) groups is 3. The van der Waals surface area contributed by atoms with Crippen LogP contribution in [0, 0.1) is 5.92 Å². The first kappa shape index (κ1) is 25.9. The van der Waals surface area contributed by atoms with E-state index in [0.717, 1.165) is 29.7 Å². The lowest BCUT2D eigenvalue weighted by molar-refractivity contribution is -0.141. The molecular formula is C30H32N2O5. The van der Waals surface area contributed by atoms with E-state index in [0.29, 0.717) is 18.7 Å². The van der Waals surface area contributed by atoms with Crippen LogP contribution in [-0.2, 0) is 4.79 Å². The summed E-state index contributed by atoms with van der Waals surface area (Å²) in [4.78, 5) is 38.0. The van der Waals surface area contributed by atoms with Crippen LogP contribution in [-0.4, -0.2) is 53.0 Å². The molecule has 2 amide bonds. The molecule has 1 aliphatic carbocycles. The number of carbonyl (C=O) groups excluding carboxylic acids is 2. The van der Waals surface area contributed by atoms with Crippen molar-refractivity contribution in [2.24, 2.45) is 5.92 Å². The summed E-state index contributed by atoms with van der Waals surface area (Å²) < 4.78 is 6.02. The molecule has 1 saturated heterocycles. The Morgan fingerprint density at radius 1 is 1.03 bits per heavy atom. The van der Waals surface area contributed by atoms with Crippen LogP contribution in [0.4, 0.5) is 4.79 Å². The van der Waals surface area contributed by atoms with Crippen LogP contribution < -0.4 is 10.1 Å². The number of carboxylic acid groups (broad SMARTS) is 1. The van der Waals surface area contributed by atoms with Crippen LogP contribution in [0.2, 0.25) is 0 Å². The highest BCUT2D eigenvalue weighted by Crippen LogP contribution is 2.22. The lowest BCUT2D eigenvalue weighted by Gasteiger charge is -2.32. The van der Waals surface area contributed by atoms with E-state index in [9.17, 15) is 14.4 Å². The number of Topliss-reactive ketones (excluding diaryl/α,β-unsaturated/α-hetero) is 1. The maximum Gasteiger partial charge on any atom is 0.318 e. The molecule has 1 fully saturated rings. The van der Waals surface area contributed by atoms with Gasteiger partial charge in [-0.05, 0) is 23.3 Å². The number of ether oxygens (including phenoxy) is 1. The summed E-state index contributed by atoms with van der Waals surface area (Å²) in [6.45, 7) is 2.81. The molecule has 2 unspecified atom stereocenters. The van der Waals surface area contributed by atoms with Crippen LogP contribution in [0.3, 0.4) is 0 Å². The van der Waals surface area contributed by atoms with Crippen LogP contribution >= 0.6 is 0 Å². The maximum absolute atomic E-state index is 12.8. The van der Waals surface area contributed by atoms with E-state index in [1.165, 1.54) is 6.92 Å². The fraction of sp³-hybridized carbons (Fsp3) is 0.300. The van der Waals surface area contributed by atoms with Gasteiger partial charge in [0.15, 0.2) is 5.78 Å². The molecule has 2 atom stereocenters. The monoisotopic (exact) mass is 500 g/mol. The Morgan fingerprint density at radius 2 is 1.73 bits per heavy atom. The lowest BCUT2D eigenvalue weighted by atomic mass is 9.97. The second-order valence-electron chi connectivity index (χ2n) is 9.40. The largest absolute Gasteiger partial charge is 0.490 e. The number of likely N-dealkylation sites (tertiary alicyclic amines) is 1. The Balaban J connectivity index is 1.27. The molecule has 2 aromatic carbocycles. The van der Waals surface area contributed by atoms with E-state index in [4.69, 9.17) is 9.84 Å². The zero-order chi connectivity index (χ0) is 26.2. The van der Waals surface area contributed by atoms with Gasteiger partial charge in [-0.3, -0.25) is 9.59 Å². The highest BCUT2D eigenvalue weighted by Gasteiger charge is 2.25. The standard InChI is InChI=1S/C30H32N2O5/c1-21(29(34)35)20-28(33)24-12-10-23(11-13-24)22-6-5-7-25(15-14-22)31-30(36)32-18-16-27(17-19-32)37-26-8-3-2-4-9-26/h2-15,21,25,27H,16-20H2,1H3,(H,31,36)(H,34,35). The molecule has 2 aromatic rings. The topological polar surface area (TPSA) is 95.9 Å². The minimum Gasteiger partial charge on any atom is -0.490 e. The number of piperidine rings is 1. The summed E-state index contributed by atoms with van der Waals surface area (Å²) >= 11 is 0. The number of urea groups is 1. The van der Waals surface area contributed by atoms with Gasteiger partial charge in [0, 0.05) is 37.9 Å².